The average molecular weight is 351 g/mol. The Bertz CT molecular complexity index is 1050. The Morgan fingerprint density at radius 3 is 2.04 bits per heavy atom. The fraction of sp³-hybridized carbons (Fsp3) is 0.0417. The number of anilines is 1. The minimum Gasteiger partial charge on any atom is -0.307 e. The van der Waals surface area contributed by atoms with E-state index in [-0.39, 0.29) is 0 Å². The van der Waals surface area contributed by atoms with Crippen LogP contribution in [0, 0.1) is 5.41 Å². The van der Waals surface area contributed by atoms with Crippen molar-refractivity contribution in [3.8, 4) is 0 Å². The van der Waals surface area contributed by atoms with Crippen molar-refractivity contribution in [2.24, 2.45) is 5.73 Å². The van der Waals surface area contributed by atoms with Crippen molar-refractivity contribution in [2.75, 3.05) is 4.90 Å². The summed E-state index contributed by atoms with van der Waals surface area (Å²) in [6.45, 7) is 0. The van der Waals surface area contributed by atoms with Gasteiger partial charge in [-0.2, -0.15) is 0 Å². The average Bonchev–Trinajstić information content (AvgIpc) is 2.75. The van der Waals surface area contributed by atoms with E-state index in [9.17, 15) is 0 Å². The summed E-state index contributed by atoms with van der Waals surface area (Å²) >= 11 is 0. The molecule has 0 aromatic heterocycles. The van der Waals surface area contributed by atoms with Crippen LogP contribution in [0.5, 0.6) is 0 Å². The van der Waals surface area contributed by atoms with Crippen LogP contribution in [0.25, 0.3) is 10.8 Å². The molecule has 3 N–H and O–H groups in total. The Balaban J connectivity index is 1.89. The maximum Gasteiger partial charge on any atom is 0.134 e. The highest BCUT2D eigenvalue weighted by atomic mass is 15.3. The smallest absolute Gasteiger partial charge is 0.134 e. The standard InChI is InChI=1S/C24H21N3/c25-23(19-11-3-1-4-12-19)27(24(26)20-13-5-2-6-14-20)22-17-9-15-18-10-7-8-16-21(18)22/h1-17,23,26H,25H2. The molecule has 0 heterocycles. The predicted molar refractivity (Wildman–Crippen MR) is 113 cm³/mol. The fourth-order valence-corrected chi connectivity index (χ4v) is 3.36. The molecule has 1 unspecified atom stereocenters. The van der Waals surface area contributed by atoms with Gasteiger partial charge >= 0.3 is 0 Å². The highest BCUT2D eigenvalue weighted by molar-refractivity contribution is 6.12. The summed E-state index contributed by atoms with van der Waals surface area (Å²) in [5.41, 5.74) is 9.41. The van der Waals surface area contributed by atoms with Crippen LogP contribution >= 0.6 is 0 Å². The molecule has 27 heavy (non-hydrogen) atoms. The predicted octanol–water partition coefficient (Wildman–Crippen LogP) is 5.33. The van der Waals surface area contributed by atoms with Crippen LogP contribution in [0.15, 0.2) is 103 Å². The number of amidine groups is 1. The Hall–Kier alpha value is -3.43. The molecular formula is C24H21N3. The van der Waals surface area contributed by atoms with Gasteiger partial charge in [0.2, 0.25) is 0 Å². The van der Waals surface area contributed by atoms with Gasteiger partial charge in [0.25, 0.3) is 0 Å². The van der Waals surface area contributed by atoms with Crippen molar-refractivity contribution < 1.29 is 0 Å². The molecule has 0 saturated carbocycles. The zero-order chi connectivity index (χ0) is 18.6. The van der Waals surface area contributed by atoms with Gasteiger partial charge < -0.3 is 10.6 Å². The second-order valence-electron chi connectivity index (χ2n) is 6.44. The van der Waals surface area contributed by atoms with Gasteiger partial charge in [-0.1, -0.05) is 97.1 Å². The summed E-state index contributed by atoms with van der Waals surface area (Å²) in [7, 11) is 0. The van der Waals surface area contributed by atoms with Crippen molar-refractivity contribution >= 4 is 22.3 Å². The molecular weight excluding hydrogens is 330 g/mol. The molecule has 3 heteroatoms. The van der Waals surface area contributed by atoms with Crippen molar-refractivity contribution in [3.63, 3.8) is 0 Å². The lowest BCUT2D eigenvalue weighted by Gasteiger charge is -2.32. The number of rotatable bonds is 4. The van der Waals surface area contributed by atoms with Crippen LogP contribution in [-0.4, -0.2) is 5.84 Å². The maximum atomic E-state index is 8.93. The molecule has 0 aliphatic rings. The number of nitrogens with zero attached hydrogens (tertiary/aromatic N) is 1. The first-order valence-electron chi connectivity index (χ1n) is 8.97. The van der Waals surface area contributed by atoms with Crippen LogP contribution in [0.4, 0.5) is 5.69 Å². The summed E-state index contributed by atoms with van der Waals surface area (Å²) < 4.78 is 0. The van der Waals surface area contributed by atoms with E-state index in [0.717, 1.165) is 27.6 Å². The quantitative estimate of drug-likeness (QED) is 0.297. The molecule has 0 aliphatic heterocycles. The maximum absolute atomic E-state index is 8.93. The molecule has 0 fully saturated rings. The highest BCUT2D eigenvalue weighted by Gasteiger charge is 2.23. The summed E-state index contributed by atoms with van der Waals surface area (Å²) in [4.78, 5) is 1.91. The molecule has 4 aromatic carbocycles. The SMILES string of the molecule is N=C(c1ccccc1)N(c1cccc2ccccc12)C(N)c1ccccc1. The first-order chi connectivity index (χ1) is 13.3. The van der Waals surface area contributed by atoms with Gasteiger partial charge in [0.1, 0.15) is 12.0 Å². The lowest BCUT2D eigenvalue weighted by atomic mass is 10.0. The van der Waals surface area contributed by atoms with E-state index in [2.05, 4.69) is 18.2 Å². The van der Waals surface area contributed by atoms with Crippen LogP contribution in [0.1, 0.15) is 17.3 Å². The topological polar surface area (TPSA) is 53.1 Å². The molecule has 0 saturated heterocycles. The first-order valence-corrected chi connectivity index (χ1v) is 8.97. The third-order valence-electron chi connectivity index (χ3n) is 4.73. The Morgan fingerprint density at radius 1 is 0.704 bits per heavy atom. The Kier molecular flexibility index (Phi) is 4.69. The Morgan fingerprint density at radius 2 is 1.30 bits per heavy atom. The van der Waals surface area contributed by atoms with Crippen molar-refractivity contribution in [1.82, 2.24) is 0 Å². The number of nitrogens with two attached hydrogens (primary N) is 1. The van der Waals surface area contributed by atoms with E-state index in [1.54, 1.807) is 0 Å². The molecule has 0 aliphatic carbocycles. The van der Waals surface area contributed by atoms with E-state index < -0.39 is 6.17 Å². The molecule has 132 valence electrons. The van der Waals surface area contributed by atoms with E-state index in [4.69, 9.17) is 11.1 Å². The van der Waals surface area contributed by atoms with E-state index in [1.807, 2.05) is 89.8 Å². The molecule has 1 atom stereocenters. The summed E-state index contributed by atoms with van der Waals surface area (Å²) in [6, 6.07) is 34.0. The largest absolute Gasteiger partial charge is 0.307 e. The van der Waals surface area contributed by atoms with Crippen LogP contribution in [0.2, 0.25) is 0 Å². The third kappa shape index (κ3) is 3.33. The zero-order valence-electron chi connectivity index (χ0n) is 14.9. The molecule has 4 rings (SSSR count). The highest BCUT2D eigenvalue weighted by Crippen LogP contribution is 2.32. The van der Waals surface area contributed by atoms with E-state index in [0.29, 0.717) is 5.84 Å². The van der Waals surface area contributed by atoms with Gasteiger partial charge in [0.15, 0.2) is 0 Å². The fourth-order valence-electron chi connectivity index (χ4n) is 3.36. The zero-order valence-corrected chi connectivity index (χ0v) is 14.9. The van der Waals surface area contributed by atoms with Gasteiger partial charge in [-0.25, -0.2) is 0 Å². The molecule has 3 nitrogen and oxygen atoms in total. The summed E-state index contributed by atoms with van der Waals surface area (Å²) in [5, 5.41) is 11.1. The number of hydrogen-bond donors (Lipinski definition) is 2. The van der Waals surface area contributed by atoms with Gasteiger partial charge in [-0.3, -0.25) is 5.41 Å². The van der Waals surface area contributed by atoms with E-state index >= 15 is 0 Å². The summed E-state index contributed by atoms with van der Waals surface area (Å²) in [6.07, 6.45) is -0.468. The summed E-state index contributed by atoms with van der Waals surface area (Å²) in [5.74, 6) is 0.378. The molecule has 4 aromatic rings. The third-order valence-corrected chi connectivity index (χ3v) is 4.73. The van der Waals surface area contributed by atoms with Crippen LogP contribution < -0.4 is 10.6 Å². The molecule has 0 bridgehead atoms. The van der Waals surface area contributed by atoms with Crippen molar-refractivity contribution in [2.45, 2.75) is 6.17 Å². The minimum atomic E-state index is -0.468. The number of fused-ring (bicyclic) bond motifs is 1. The van der Waals surface area contributed by atoms with Crippen LogP contribution in [0.3, 0.4) is 0 Å². The second-order valence-corrected chi connectivity index (χ2v) is 6.44. The van der Waals surface area contributed by atoms with Gasteiger partial charge in [0.05, 0.1) is 5.69 Å². The normalized spacial score (nSPS) is 11.9. The number of nitrogens with one attached hydrogen (secondary N) is 1. The Labute approximate surface area is 159 Å². The monoisotopic (exact) mass is 351 g/mol. The van der Waals surface area contributed by atoms with Gasteiger partial charge in [-0.15, -0.1) is 0 Å². The number of hydrogen-bond acceptors (Lipinski definition) is 2. The molecule has 0 amide bonds. The lowest BCUT2D eigenvalue weighted by molar-refractivity contribution is 0.752. The first kappa shape index (κ1) is 17.0. The van der Waals surface area contributed by atoms with Crippen LogP contribution in [-0.2, 0) is 0 Å². The van der Waals surface area contributed by atoms with E-state index in [1.165, 1.54) is 0 Å². The lowest BCUT2D eigenvalue weighted by Crippen LogP contribution is -2.39. The van der Waals surface area contributed by atoms with Gasteiger partial charge in [-0.05, 0) is 17.0 Å². The number of benzene rings is 4. The molecule has 0 spiro atoms. The van der Waals surface area contributed by atoms with Gasteiger partial charge in [0, 0.05) is 10.9 Å². The molecule has 0 radical (unpaired) electrons. The van der Waals surface area contributed by atoms with Crippen molar-refractivity contribution in [1.29, 1.82) is 5.41 Å². The van der Waals surface area contributed by atoms with Crippen molar-refractivity contribution in [3.05, 3.63) is 114 Å². The second kappa shape index (κ2) is 7.44. The minimum absolute atomic E-state index is 0.378.